The van der Waals surface area contributed by atoms with Gasteiger partial charge in [-0.2, -0.15) is 4.98 Å². The molecule has 1 aliphatic rings. The molecule has 19 heavy (non-hydrogen) atoms. The molecule has 7 nitrogen and oxygen atoms in total. The summed E-state index contributed by atoms with van der Waals surface area (Å²) in [6.45, 7) is 4.17. The van der Waals surface area contributed by atoms with Gasteiger partial charge < -0.3 is 10.1 Å². The fraction of sp³-hybridized carbons (Fsp3) is 0.500. The molecule has 0 bridgehead atoms. The van der Waals surface area contributed by atoms with Gasteiger partial charge in [0.15, 0.2) is 0 Å². The van der Waals surface area contributed by atoms with Gasteiger partial charge in [0.25, 0.3) is 5.91 Å². The number of anilines is 1. The highest BCUT2D eigenvalue weighted by molar-refractivity contribution is 6.06. The lowest BCUT2D eigenvalue weighted by molar-refractivity contribution is -0.136. The fourth-order valence-electron chi connectivity index (χ4n) is 1.85. The summed E-state index contributed by atoms with van der Waals surface area (Å²) in [5.74, 6) is 0.265. The van der Waals surface area contributed by atoms with E-state index in [0.29, 0.717) is 18.4 Å². The highest BCUT2D eigenvalue weighted by atomic mass is 16.5. The Hall–Kier alpha value is -2.18. The van der Waals surface area contributed by atoms with E-state index in [1.54, 1.807) is 6.07 Å². The number of carbonyl (C=O) groups excluding carboxylic acids is 2. The van der Waals surface area contributed by atoms with Crippen LogP contribution in [0.5, 0.6) is 5.88 Å². The SMILES string of the molecule is CCOc1cc(C)nc(NC2CC(=O)N(C)C2=O)n1. The van der Waals surface area contributed by atoms with Crippen molar-refractivity contribution in [2.24, 2.45) is 0 Å². The number of likely N-dealkylation sites (tertiary alicyclic amines) is 1. The number of nitrogens with one attached hydrogen (secondary N) is 1. The summed E-state index contributed by atoms with van der Waals surface area (Å²) in [6.07, 6.45) is 0.122. The lowest BCUT2D eigenvalue weighted by Gasteiger charge is -2.12. The number of aryl methyl sites for hydroxylation is 1. The van der Waals surface area contributed by atoms with Gasteiger partial charge in [0, 0.05) is 18.8 Å². The van der Waals surface area contributed by atoms with Crippen molar-refractivity contribution >= 4 is 17.8 Å². The first-order valence-electron chi connectivity index (χ1n) is 6.06. The zero-order valence-corrected chi connectivity index (χ0v) is 11.1. The van der Waals surface area contributed by atoms with Gasteiger partial charge in [0.1, 0.15) is 6.04 Å². The normalized spacial score (nSPS) is 18.9. The van der Waals surface area contributed by atoms with Crippen LogP contribution in [-0.2, 0) is 9.59 Å². The molecule has 2 rings (SSSR count). The Morgan fingerprint density at radius 3 is 2.79 bits per heavy atom. The number of ether oxygens (including phenoxy) is 1. The molecule has 1 saturated heterocycles. The van der Waals surface area contributed by atoms with Crippen LogP contribution in [0.15, 0.2) is 6.07 Å². The van der Waals surface area contributed by atoms with Crippen LogP contribution in [-0.4, -0.2) is 46.4 Å². The van der Waals surface area contributed by atoms with Crippen LogP contribution in [0, 0.1) is 6.92 Å². The molecule has 2 heterocycles. The van der Waals surface area contributed by atoms with Crippen molar-refractivity contribution in [1.29, 1.82) is 0 Å². The molecule has 102 valence electrons. The van der Waals surface area contributed by atoms with Gasteiger partial charge in [-0.25, -0.2) is 4.98 Å². The smallest absolute Gasteiger partial charge is 0.252 e. The van der Waals surface area contributed by atoms with Crippen LogP contribution in [0.1, 0.15) is 19.0 Å². The second-order valence-electron chi connectivity index (χ2n) is 4.30. The minimum absolute atomic E-state index is 0.122. The first-order valence-corrected chi connectivity index (χ1v) is 6.06. The van der Waals surface area contributed by atoms with Crippen LogP contribution < -0.4 is 10.1 Å². The van der Waals surface area contributed by atoms with Gasteiger partial charge in [-0.05, 0) is 13.8 Å². The monoisotopic (exact) mass is 264 g/mol. The topological polar surface area (TPSA) is 84.4 Å². The highest BCUT2D eigenvalue weighted by Crippen LogP contribution is 2.17. The number of carbonyl (C=O) groups is 2. The Morgan fingerprint density at radius 2 is 2.21 bits per heavy atom. The van der Waals surface area contributed by atoms with Crippen LogP contribution in [0.2, 0.25) is 0 Å². The van der Waals surface area contributed by atoms with Crippen molar-refractivity contribution in [3.63, 3.8) is 0 Å². The van der Waals surface area contributed by atoms with Crippen LogP contribution in [0.4, 0.5) is 5.95 Å². The van der Waals surface area contributed by atoms with E-state index < -0.39 is 6.04 Å². The third kappa shape index (κ3) is 2.81. The molecule has 0 saturated carbocycles. The van der Waals surface area contributed by atoms with E-state index in [4.69, 9.17) is 4.74 Å². The highest BCUT2D eigenvalue weighted by Gasteiger charge is 2.36. The minimum atomic E-state index is -0.603. The van der Waals surface area contributed by atoms with Crippen molar-refractivity contribution in [1.82, 2.24) is 14.9 Å². The van der Waals surface area contributed by atoms with Gasteiger partial charge >= 0.3 is 0 Å². The van der Waals surface area contributed by atoms with E-state index in [1.165, 1.54) is 7.05 Å². The number of rotatable bonds is 4. The first-order chi connectivity index (χ1) is 9.01. The number of likely N-dealkylation sites (N-methyl/N-ethyl adjacent to an activating group) is 1. The molecule has 1 aliphatic heterocycles. The van der Waals surface area contributed by atoms with Crippen molar-refractivity contribution in [2.75, 3.05) is 19.0 Å². The molecule has 1 N–H and O–H groups in total. The molecular formula is C12H16N4O3. The molecule has 2 amide bonds. The van der Waals surface area contributed by atoms with Crippen LogP contribution in [0.25, 0.3) is 0 Å². The minimum Gasteiger partial charge on any atom is -0.478 e. The quantitative estimate of drug-likeness (QED) is 0.790. The molecule has 0 aliphatic carbocycles. The standard InChI is InChI=1S/C12H16N4O3/c1-4-19-9-5-7(2)13-12(15-9)14-8-6-10(17)16(3)11(8)18/h5,8H,4,6H2,1-3H3,(H,13,14,15). The summed E-state index contributed by atoms with van der Waals surface area (Å²) < 4.78 is 5.31. The maximum atomic E-state index is 11.8. The summed E-state index contributed by atoms with van der Waals surface area (Å²) in [5.41, 5.74) is 0.728. The molecule has 1 aromatic heterocycles. The predicted molar refractivity (Wildman–Crippen MR) is 67.7 cm³/mol. The second kappa shape index (κ2) is 5.21. The Balaban J connectivity index is 2.15. The zero-order chi connectivity index (χ0) is 14.0. The van der Waals surface area contributed by atoms with Gasteiger partial charge in [0.2, 0.25) is 17.7 Å². The molecule has 0 radical (unpaired) electrons. The molecule has 1 fully saturated rings. The number of hydrogen-bond donors (Lipinski definition) is 1. The Bertz CT molecular complexity index is 518. The molecule has 1 unspecified atom stereocenters. The lowest BCUT2D eigenvalue weighted by Crippen LogP contribution is -2.32. The van der Waals surface area contributed by atoms with Crippen LogP contribution >= 0.6 is 0 Å². The second-order valence-corrected chi connectivity index (χ2v) is 4.30. The van der Waals surface area contributed by atoms with Gasteiger partial charge in [-0.3, -0.25) is 14.5 Å². The average Bonchev–Trinajstić information content (AvgIpc) is 2.57. The maximum absolute atomic E-state index is 11.8. The number of amides is 2. The molecule has 1 atom stereocenters. The number of aromatic nitrogens is 2. The van der Waals surface area contributed by atoms with Crippen LogP contribution in [0.3, 0.4) is 0 Å². The molecule has 7 heteroatoms. The van der Waals surface area contributed by atoms with E-state index in [1.807, 2.05) is 13.8 Å². The van der Waals surface area contributed by atoms with E-state index in [-0.39, 0.29) is 18.2 Å². The molecule has 0 aromatic carbocycles. The summed E-state index contributed by atoms with van der Waals surface area (Å²) >= 11 is 0. The van der Waals surface area contributed by atoms with Gasteiger partial charge in [0.05, 0.1) is 13.0 Å². The van der Waals surface area contributed by atoms with Crippen molar-refractivity contribution in [2.45, 2.75) is 26.3 Å². The Morgan fingerprint density at radius 1 is 1.47 bits per heavy atom. The fourth-order valence-corrected chi connectivity index (χ4v) is 1.85. The molecular weight excluding hydrogens is 248 g/mol. The Labute approximate surface area is 111 Å². The van der Waals surface area contributed by atoms with Gasteiger partial charge in [-0.1, -0.05) is 0 Å². The summed E-state index contributed by atoms with van der Waals surface area (Å²) in [7, 11) is 1.47. The average molecular weight is 264 g/mol. The summed E-state index contributed by atoms with van der Waals surface area (Å²) in [6, 6.07) is 1.11. The lowest BCUT2D eigenvalue weighted by atomic mass is 10.2. The maximum Gasteiger partial charge on any atom is 0.252 e. The van der Waals surface area contributed by atoms with E-state index in [0.717, 1.165) is 10.6 Å². The number of imide groups is 1. The predicted octanol–water partition coefficient (Wildman–Crippen LogP) is 0.353. The number of nitrogens with zero attached hydrogens (tertiary/aromatic N) is 3. The van der Waals surface area contributed by atoms with E-state index in [9.17, 15) is 9.59 Å². The van der Waals surface area contributed by atoms with Gasteiger partial charge in [-0.15, -0.1) is 0 Å². The van der Waals surface area contributed by atoms with Crippen molar-refractivity contribution in [3.05, 3.63) is 11.8 Å². The Kier molecular flexibility index (Phi) is 3.64. The molecule has 1 aromatic rings. The molecule has 0 spiro atoms. The summed E-state index contributed by atoms with van der Waals surface area (Å²) in [4.78, 5) is 32.6. The van der Waals surface area contributed by atoms with Crippen molar-refractivity contribution < 1.29 is 14.3 Å². The summed E-state index contributed by atoms with van der Waals surface area (Å²) in [5, 5.41) is 2.88. The van der Waals surface area contributed by atoms with Crippen molar-refractivity contribution in [3.8, 4) is 5.88 Å². The third-order valence-electron chi connectivity index (χ3n) is 2.81. The zero-order valence-electron chi connectivity index (χ0n) is 11.1. The van der Waals surface area contributed by atoms with E-state index in [2.05, 4.69) is 15.3 Å². The largest absolute Gasteiger partial charge is 0.478 e. The first kappa shape index (κ1) is 13.3. The third-order valence-corrected chi connectivity index (χ3v) is 2.81. The van der Waals surface area contributed by atoms with E-state index >= 15 is 0 Å². The number of hydrogen-bond acceptors (Lipinski definition) is 6.